The van der Waals surface area contributed by atoms with E-state index >= 15 is 0 Å². The van der Waals surface area contributed by atoms with Gasteiger partial charge in [0.1, 0.15) is 11.5 Å². The summed E-state index contributed by atoms with van der Waals surface area (Å²) < 4.78 is 11.4. The molecule has 4 rings (SSSR count). The number of aromatic nitrogens is 1. The van der Waals surface area contributed by atoms with Crippen molar-refractivity contribution in [2.75, 3.05) is 13.7 Å². The largest absolute Gasteiger partial charge is 0.497 e. The second kappa shape index (κ2) is 7.25. The van der Waals surface area contributed by atoms with E-state index < -0.39 is 0 Å². The fourth-order valence-electron chi connectivity index (χ4n) is 3.66. The van der Waals surface area contributed by atoms with Gasteiger partial charge >= 0.3 is 0 Å². The summed E-state index contributed by atoms with van der Waals surface area (Å²) in [5, 5.41) is 0. The SMILES string of the molecule is COc1cccc(C2CCCN2Cc2nc(-c3ccc(C)s3)oc2C)c1. The number of thiophene rings is 1. The molecule has 3 heterocycles. The third-order valence-corrected chi connectivity index (χ3v) is 6.03. The standard InChI is InChI=1S/C21H24N2O2S/c1-14-9-10-20(26-14)21-22-18(15(2)25-21)13-23-11-5-8-19(23)16-6-4-7-17(12-16)24-3/h4,6-7,9-10,12,19H,5,8,11,13H2,1-3H3. The second-order valence-corrected chi connectivity index (χ2v) is 8.13. The molecule has 1 saturated heterocycles. The molecule has 1 atom stereocenters. The topological polar surface area (TPSA) is 38.5 Å². The Morgan fingerprint density at radius 2 is 2.15 bits per heavy atom. The molecular weight excluding hydrogens is 344 g/mol. The quantitative estimate of drug-likeness (QED) is 0.607. The molecule has 3 aromatic rings. The lowest BCUT2D eigenvalue weighted by molar-refractivity contribution is 0.244. The summed E-state index contributed by atoms with van der Waals surface area (Å²) in [5.74, 6) is 2.58. The molecule has 4 nitrogen and oxygen atoms in total. The molecule has 0 radical (unpaired) electrons. The van der Waals surface area contributed by atoms with E-state index in [1.807, 2.05) is 13.0 Å². The second-order valence-electron chi connectivity index (χ2n) is 6.84. The van der Waals surface area contributed by atoms with Crippen LogP contribution in [0.1, 0.15) is 40.8 Å². The highest BCUT2D eigenvalue weighted by Crippen LogP contribution is 2.35. The van der Waals surface area contributed by atoms with Crippen LogP contribution in [-0.2, 0) is 6.54 Å². The van der Waals surface area contributed by atoms with Crippen LogP contribution in [0.5, 0.6) is 5.75 Å². The monoisotopic (exact) mass is 368 g/mol. The maximum Gasteiger partial charge on any atom is 0.236 e. The highest BCUT2D eigenvalue weighted by molar-refractivity contribution is 7.15. The van der Waals surface area contributed by atoms with Crippen LogP contribution in [0.15, 0.2) is 40.8 Å². The lowest BCUT2D eigenvalue weighted by atomic mass is 10.0. The Hall–Kier alpha value is -2.11. The van der Waals surface area contributed by atoms with Crippen molar-refractivity contribution in [2.24, 2.45) is 0 Å². The van der Waals surface area contributed by atoms with Crippen molar-refractivity contribution < 1.29 is 9.15 Å². The first-order valence-electron chi connectivity index (χ1n) is 9.05. The van der Waals surface area contributed by atoms with Gasteiger partial charge in [-0.2, -0.15) is 0 Å². The Balaban J connectivity index is 1.55. The van der Waals surface area contributed by atoms with E-state index in [1.54, 1.807) is 18.4 Å². The Morgan fingerprint density at radius 1 is 1.27 bits per heavy atom. The van der Waals surface area contributed by atoms with Crippen LogP contribution in [0.3, 0.4) is 0 Å². The molecule has 0 bridgehead atoms. The van der Waals surface area contributed by atoms with Gasteiger partial charge in [0.05, 0.1) is 17.7 Å². The summed E-state index contributed by atoms with van der Waals surface area (Å²) in [6.45, 7) is 6.03. The van der Waals surface area contributed by atoms with Crippen molar-refractivity contribution in [3.63, 3.8) is 0 Å². The smallest absolute Gasteiger partial charge is 0.236 e. The summed E-state index contributed by atoms with van der Waals surface area (Å²) >= 11 is 1.72. The molecule has 1 aromatic carbocycles. The van der Waals surface area contributed by atoms with Crippen LogP contribution < -0.4 is 4.74 Å². The van der Waals surface area contributed by atoms with E-state index in [0.29, 0.717) is 6.04 Å². The summed E-state index contributed by atoms with van der Waals surface area (Å²) in [5.41, 5.74) is 2.36. The molecule has 0 amide bonds. The van der Waals surface area contributed by atoms with Crippen LogP contribution in [0.25, 0.3) is 10.8 Å². The average Bonchev–Trinajstić information content (AvgIpc) is 3.36. The van der Waals surface area contributed by atoms with E-state index in [2.05, 4.69) is 42.2 Å². The van der Waals surface area contributed by atoms with Gasteiger partial charge in [0.2, 0.25) is 5.89 Å². The first-order valence-corrected chi connectivity index (χ1v) is 9.87. The van der Waals surface area contributed by atoms with Crippen LogP contribution in [0.2, 0.25) is 0 Å². The van der Waals surface area contributed by atoms with Crippen LogP contribution in [0.4, 0.5) is 0 Å². The van der Waals surface area contributed by atoms with E-state index in [0.717, 1.165) is 41.1 Å². The third-order valence-electron chi connectivity index (χ3n) is 5.04. The number of hydrogen-bond donors (Lipinski definition) is 0. The number of aryl methyl sites for hydroxylation is 2. The number of rotatable bonds is 5. The molecular formula is C21H24N2O2S. The van der Waals surface area contributed by atoms with Crippen molar-refractivity contribution >= 4 is 11.3 Å². The number of nitrogens with zero attached hydrogens (tertiary/aromatic N) is 2. The van der Waals surface area contributed by atoms with Crippen molar-refractivity contribution in [3.05, 3.63) is 58.3 Å². The molecule has 5 heteroatoms. The van der Waals surface area contributed by atoms with Gasteiger partial charge < -0.3 is 9.15 Å². The Bertz CT molecular complexity index is 899. The molecule has 0 aliphatic carbocycles. The van der Waals surface area contributed by atoms with E-state index in [1.165, 1.54) is 23.3 Å². The van der Waals surface area contributed by atoms with Crippen LogP contribution >= 0.6 is 11.3 Å². The van der Waals surface area contributed by atoms with Crippen LogP contribution in [0, 0.1) is 13.8 Å². The van der Waals surface area contributed by atoms with Gasteiger partial charge in [-0.3, -0.25) is 4.90 Å². The zero-order chi connectivity index (χ0) is 18.1. The Kier molecular flexibility index (Phi) is 4.83. The third kappa shape index (κ3) is 3.41. The lowest BCUT2D eigenvalue weighted by Gasteiger charge is -2.24. The minimum absolute atomic E-state index is 0.411. The number of methoxy groups -OCH3 is 1. The molecule has 0 N–H and O–H groups in total. The molecule has 1 aliphatic heterocycles. The molecule has 1 unspecified atom stereocenters. The number of hydrogen-bond acceptors (Lipinski definition) is 5. The fourth-order valence-corrected chi connectivity index (χ4v) is 4.46. The Morgan fingerprint density at radius 3 is 2.92 bits per heavy atom. The van der Waals surface area contributed by atoms with Crippen molar-refractivity contribution in [1.29, 1.82) is 0 Å². The summed E-state index contributed by atoms with van der Waals surface area (Å²) in [6.07, 6.45) is 2.37. The normalized spacial score (nSPS) is 17.7. The maximum absolute atomic E-state index is 5.95. The molecule has 2 aromatic heterocycles. The molecule has 26 heavy (non-hydrogen) atoms. The van der Waals surface area contributed by atoms with Crippen molar-refractivity contribution in [2.45, 2.75) is 39.3 Å². The minimum atomic E-state index is 0.411. The van der Waals surface area contributed by atoms with Gasteiger partial charge in [0, 0.05) is 17.5 Å². The zero-order valence-corrected chi connectivity index (χ0v) is 16.3. The minimum Gasteiger partial charge on any atom is -0.497 e. The highest BCUT2D eigenvalue weighted by Gasteiger charge is 2.28. The highest BCUT2D eigenvalue weighted by atomic mass is 32.1. The predicted molar refractivity (Wildman–Crippen MR) is 105 cm³/mol. The molecule has 1 aliphatic rings. The molecule has 0 saturated carbocycles. The summed E-state index contributed by atoms with van der Waals surface area (Å²) in [7, 11) is 1.72. The number of benzene rings is 1. The first-order chi connectivity index (χ1) is 12.6. The van der Waals surface area contributed by atoms with E-state index in [-0.39, 0.29) is 0 Å². The average molecular weight is 369 g/mol. The van der Waals surface area contributed by atoms with Crippen molar-refractivity contribution in [1.82, 2.24) is 9.88 Å². The molecule has 0 spiro atoms. The van der Waals surface area contributed by atoms with Crippen molar-refractivity contribution in [3.8, 4) is 16.5 Å². The fraction of sp³-hybridized carbons (Fsp3) is 0.381. The van der Waals surface area contributed by atoms with Gasteiger partial charge in [-0.25, -0.2) is 4.98 Å². The number of oxazole rings is 1. The van der Waals surface area contributed by atoms with Gasteiger partial charge in [0.25, 0.3) is 0 Å². The van der Waals surface area contributed by atoms with E-state index in [4.69, 9.17) is 14.1 Å². The molecule has 1 fully saturated rings. The predicted octanol–water partition coefficient (Wildman–Crippen LogP) is 5.37. The van der Waals surface area contributed by atoms with Gasteiger partial charge in [0.15, 0.2) is 0 Å². The number of likely N-dealkylation sites (tertiary alicyclic amines) is 1. The van der Waals surface area contributed by atoms with Gasteiger partial charge in [-0.05, 0) is 63.1 Å². The zero-order valence-electron chi connectivity index (χ0n) is 15.5. The Labute approximate surface area is 158 Å². The first kappa shape index (κ1) is 17.3. The van der Waals surface area contributed by atoms with Gasteiger partial charge in [-0.1, -0.05) is 12.1 Å². The van der Waals surface area contributed by atoms with Crippen LogP contribution in [-0.4, -0.2) is 23.5 Å². The number of ether oxygens (including phenoxy) is 1. The summed E-state index contributed by atoms with van der Waals surface area (Å²) in [4.78, 5) is 9.67. The maximum atomic E-state index is 5.95. The van der Waals surface area contributed by atoms with E-state index in [9.17, 15) is 0 Å². The lowest BCUT2D eigenvalue weighted by Crippen LogP contribution is -2.23. The summed E-state index contributed by atoms with van der Waals surface area (Å²) in [6, 6.07) is 13.0. The molecule has 136 valence electrons. The van der Waals surface area contributed by atoms with Gasteiger partial charge in [-0.15, -0.1) is 11.3 Å².